The van der Waals surface area contributed by atoms with Gasteiger partial charge in [-0.05, 0) is 19.8 Å². The summed E-state index contributed by atoms with van der Waals surface area (Å²) in [5.74, 6) is 0.0794. The van der Waals surface area contributed by atoms with Crippen molar-refractivity contribution in [2.24, 2.45) is 11.3 Å². The van der Waals surface area contributed by atoms with Gasteiger partial charge in [-0.15, -0.1) is 0 Å². The average Bonchev–Trinajstić information content (AvgIpc) is 2.93. The van der Waals surface area contributed by atoms with Gasteiger partial charge in [0, 0.05) is 30.7 Å². The van der Waals surface area contributed by atoms with Gasteiger partial charge >= 0.3 is 5.97 Å². The Morgan fingerprint density at radius 1 is 1.60 bits per heavy atom. The van der Waals surface area contributed by atoms with Crippen molar-refractivity contribution in [1.29, 1.82) is 0 Å². The van der Waals surface area contributed by atoms with Crippen LogP contribution in [-0.2, 0) is 16.0 Å². The van der Waals surface area contributed by atoms with Crippen LogP contribution in [0.2, 0.25) is 0 Å². The second-order valence-electron chi connectivity index (χ2n) is 6.33. The van der Waals surface area contributed by atoms with E-state index in [9.17, 15) is 4.79 Å². The minimum atomic E-state index is -0.271. The quantitative estimate of drug-likeness (QED) is 0.796. The zero-order valence-corrected chi connectivity index (χ0v) is 12.3. The number of hydrogen-bond acceptors (Lipinski definition) is 4. The third-order valence-electron chi connectivity index (χ3n) is 4.65. The Morgan fingerprint density at radius 2 is 2.40 bits per heavy atom. The van der Waals surface area contributed by atoms with Gasteiger partial charge in [-0.3, -0.25) is 4.68 Å². The largest absolute Gasteiger partial charge is 0.458 e. The highest BCUT2D eigenvalue weighted by atomic mass is 16.6. The van der Waals surface area contributed by atoms with E-state index >= 15 is 0 Å². The maximum absolute atomic E-state index is 12.2. The van der Waals surface area contributed by atoms with Gasteiger partial charge in [0.1, 0.15) is 6.10 Å². The van der Waals surface area contributed by atoms with Crippen molar-refractivity contribution in [1.82, 2.24) is 9.78 Å². The predicted octanol–water partition coefficient (Wildman–Crippen LogP) is 2.26. The summed E-state index contributed by atoms with van der Waals surface area (Å²) in [6, 6.07) is 0. The molecule has 1 aliphatic carbocycles. The van der Waals surface area contributed by atoms with E-state index in [-0.39, 0.29) is 23.6 Å². The number of carbonyl (C=O) groups excluding carboxylic acids is 1. The first-order chi connectivity index (χ1) is 9.54. The minimum absolute atomic E-state index is 0.0507. The summed E-state index contributed by atoms with van der Waals surface area (Å²) >= 11 is 0. The number of carbonyl (C=O) groups is 1. The Labute approximate surface area is 119 Å². The molecule has 2 aliphatic rings. The summed E-state index contributed by atoms with van der Waals surface area (Å²) in [6.45, 7) is 7.80. The highest BCUT2D eigenvalue weighted by molar-refractivity contribution is 5.89. The maximum Gasteiger partial charge on any atom is 0.341 e. The van der Waals surface area contributed by atoms with Gasteiger partial charge in [-0.2, -0.15) is 5.10 Å². The van der Waals surface area contributed by atoms with Gasteiger partial charge in [-0.1, -0.05) is 13.8 Å². The van der Waals surface area contributed by atoms with Crippen molar-refractivity contribution in [2.75, 3.05) is 6.61 Å². The molecule has 3 rings (SSSR count). The lowest BCUT2D eigenvalue weighted by Gasteiger charge is -2.58. The first kappa shape index (κ1) is 13.6. The number of rotatable bonds is 3. The molecule has 1 aromatic heterocycles. The molecule has 0 amide bonds. The molecule has 0 bridgehead atoms. The SMILES string of the molecule is CCn1cc(C(=O)O[C@@H]2[C@@H]3CCCO[C@H]3C2(C)C)cn1. The summed E-state index contributed by atoms with van der Waals surface area (Å²) in [5.41, 5.74) is 0.435. The number of nitrogens with zero attached hydrogens (tertiary/aromatic N) is 2. The second-order valence-corrected chi connectivity index (χ2v) is 6.33. The van der Waals surface area contributed by atoms with Gasteiger partial charge in [0.25, 0.3) is 0 Å². The average molecular weight is 278 g/mol. The van der Waals surface area contributed by atoms with Crippen LogP contribution in [-0.4, -0.2) is 34.6 Å². The van der Waals surface area contributed by atoms with E-state index in [0.29, 0.717) is 11.5 Å². The van der Waals surface area contributed by atoms with Crippen molar-refractivity contribution in [3.05, 3.63) is 18.0 Å². The standard InChI is InChI=1S/C15H22N2O3/c1-4-17-9-10(8-16-17)14(18)20-13-11-6-5-7-19-12(11)15(13,2)3/h8-9,11-13H,4-7H2,1-3H3/t11-,12-,13-/m1/s1. The molecule has 0 unspecified atom stereocenters. The number of fused-ring (bicyclic) bond motifs is 1. The van der Waals surface area contributed by atoms with Crippen LogP contribution in [0.1, 0.15) is 44.0 Å². The van der Waals surface area contributed by atoms with E-state index < -0.39 is 0 Å². The molecule has 5 nitrogen and oxygen atoms in total. The van der Waals surface area contributed by atoms with Gasteiger partial charge in [0.15, 0.2) is 0 Å². The highest BCUT2D eigenvalue weighted by Gasteiger charge is 2.60. The molecular weight excluding hydrogens is 256 g/mol. The molecule has 0 spiro atoms. The molecule has 3 atom stereocenters. The molecule has 0 radical (unpaired) electrons. The molecule has 1 saturated heterocycles. The van der Waals surface area contributed by atoms with E-state index in [2.05, 4.69) is 18.9 Å². The third kappa shape index (κ3) is 2.04. The molecule has 20 heavy (non-hydrogen) atoms. The van der Waals surface area contributed by atoms with Crippen molar-refractivity contribution in [3.8, 4) is 0 Å². The van der Waals surface area contributed by atoms with E-state index in [1.54, 1.807) is 17.1 Å². The molecule has 2 fully saturated rings. The molecule has 2 heterocycles. The first-order valence-corrected chi connectivity index (χ1v) is 7.39. The van der Waals surface area contributed by atoms with Crippen LogP contribution in [0.4, 0.5) is 0 Å². The Morgan fingerprint density at radius 3 is 3.10 bits per heavy atom. The summed E-state index contributed by atoms with van der Waals surface area (Å²) in [7, 11) is 0. The second kappa shape index (κ2) is 4.88. The van der Waals surface area contributed by atoms with Gasteiger partial charge in [-0.25, -0.2) is 4.79 Å². The van der Waals surface area contributed by atoms with E-state index in [1.165, 1.54) is 0 Å². The monoisotopic (exact) mass is 278 g/mol. The van der Waals surface area contributed by atoms with Crippen LogP contribution in [0.25, 0.3) is 0 Å². The van der Waals surface area contributed by atoms with Crippen LogP contribution in [0, 0.1) is 11.3 Å². The number of hydrogen-bond donors (Lipinski definition) is 0. The van der Waals surface area contributed by atoms with Crippen molar-refractivity contribution in [3.63, 3.8) is 0 Å². The van der Waals surface area contributed by atoms with Gasteiger partial charge in [0.05, 0.1) is 17.9 Å². The Bertz CT molecular complexity index is 509. The lowest BCUT2D eigenvalue weighted by atomic mass is 9.57. The zero-order chi connectivity index (χ0) is 14.3. The smallest absolute Gasteiger partial charge is 0.341 e. The normalized spacial score (nSPS) is 31.2. The maximum atomic E-state index is 12.2. The first-order valence-electron chi connectivity index (χ1n) is 7.39. The predicted molar refractivity (Wildman–Crippen MR) is 73.3 cm³/mol. The summed E-state index contributed by atoms with van der Waals surface area (Å²) < 4.78 is 13.3. The molecule has 0 N–H and O–H groups in total. The van der Waals surface area contributed by atoms with Crippen molar-refractivity contribution in [2.45, 2.75) is 52.4 Å². The number of ether oxygens (including phenoxy) is 2. The Hall–Kier alpha value is -1.36. The fourth-order valence-electron chi connectivity index (χ4n) is 3.54. The van der Waals surface area contributed by atoms with Crippen LogP contribution in [0.5, 0.6) is 0 Å². The summed E-state index contributed by atoms with van der Waals surface area (Å²) in [4.78, 5) is 12.2. The molecule has 1 aliphatic heterocycles. The number of esters is 1. The number of aryl methyl sites for hydroxylation is 1. The fraction of sp³-hybridized carbons (Fsp3) is 0.733. The van der Waals surface area contributed by atoms with Crippen LogP contribution < -0.4 is 0 Å². The molecule has 5 heteroatoms. The third-order valence-corrected chi connectivity index (χ3v) is 4.65. The van der Waals surface area contributed by atoms with E-state index in [1.807, 2.05) is 6.92 Å². The van der Waals surface area contributed by atoms with Crippen LogP contribution in [0.3, 0.4) is 0 Å². The summed E-state index contributed by atoms with van der Waals surface area (Å²) in [6.07, 6.45) is 5.63. The topological polar surface area (TPSA) is 53.4 Å². The van der Waals surface area contributed by atoms with Crippen LogP contribution >= 0.6 is 0 Å². The summed E-state index contributed by atoms with van der Waals surface area (Å²) in [5, 5.41) is 4.12. The molecule has 1 aromatic rings. The van der Waals surface area contributed by atoms with Crippen molar-refractivity contribution >= 4 is 5.97 Å². The highest BCUT2D eigenvalue weighted by Crippen LogP contribution is 2.53. The zero-order valence-electron chi connectivity index (χ0n) is 12.3. The van der Waals surface area contributed by atoms with E-state index in [4.69, 9.17) is 9.47 Å². The van der Waals surface area contributed by atoms with Gasteiger partial charge in [0.2, 0.25) is 0 Å². The van der Waals surface area contributed by atoms with E-state index in [0.717, 1.165) is 26.0 Å². The van der Waals surface area contributed by atoms with Crippen molar-refractivity contribution < 1.29 is 14.3 Å². The number of aromatic nitrogens is 2. The molecule has 110 valence electrons. The molecular formula is C15H22N2O3. The Kier molecular flexibility index (Phi) is 3.32. The minimum Gasteiger partial charge on any atom is -0.458 e. The lowest BCUT2D eigenvalue weighted by Crippen LogP contribution is -2.65. The lowest BCUT2D eigenvalue weighted by molar-refractivity contribution is -0.243. The molecule has 0 aromatic carbocycles. The fourth-order valence-corrected chi connectivity index (χ4v) is 3.54. The Balaban J connectivity index is 1.69. The molecule has 1 saturated carbocycles. The van der Waals surface area contributed by atoms with Gasteiger partial charge < -0.3 is 9.47 Å². The van der Waals surface area contributed by atoms with Crippen LogP contribution in [0.15, 0.2) is 12.4 Å².